The zero-order valence-corrected chi connectivity index (χ0v) is 8.40. The SMILES string of the molecule is CC(=O)c1nc2ccnc(C)n2c1C. The lowest BCUT2D eigenvalue weighted by Crippen LogP contribution is -1.98. The van der Waals surface area contributed by atoms with Crippen LogP contribution in [-0.2, 0) is 0 Å². The summed E-state index contributed by atoms with van der Waals surface area (Å²) in [7, 11) is 0. The van der Waals surface area contributed by atoms with E-state index in [1.807, 2.05) is 18.2 Å². The molecule has 0 aliphatic heterocycles. The Labute approximate surface area is 81.6 Å². The zero-order chi connectivity index (χ0) is 10.3. The average Bonchev–Trinajstić information content (AvgIpc) is 2.45. The van der Waals surface area contributed by atoms with Crippen LogP contribution < -0.4 is 0 Å². The molecule has 4 nitrogen and oxygen atoms in total. The van der Waals surface area contributed by atoms with Gasteiger partial charge in [0.1, 0.15) is 17.2 Å². The molecular weight excluding hydrogens is 178 g/mol. The van der Waals surface area contributed by atoms with Crippen LogP contribution in [0.3, 0.4) is 0 Å². The molecule has 0 unspecified atom stereocenters. The number of hydrogen-bond donors (Lipinski definition) is 0. The lowest BCUT2D eigenvalue weighted by molar-refractivity contribution is 0.101. The van der Waals surface area contributed by atoms with Crippen molar-refractivity contribution in [1.82, 2.24) is 14.4 Å². The predicted molar refractivity (Wildman–Crippen MR) is 52.5 cm³/mol. The van der Waals surface area contributed by atoms with Gasteiger partial charge in [-0.25, -0.2) is 9.97 Å². The molecule has 2 aromatic rings. The third-order valence-electron chi connectivity index (χ3n) is 2.28. The Morgan fingerprint density at radius 1 is 1.43 bits per heavy atom. The van der Waals surface area contributed by atoms with Crippen molar-refractivity contribution in [1.29, 1.82) is 0 Å². The number of carbonyl (C=O) groups excluding carboxylic acids is 1. The number of ketones is 1. The Morgan fingerprint density at radius 3 is 2.71 bits per heavy atom. The molecule has 0 aromatic carbocycles. The molecule has 0 N–H and O–H groups in total. The van der Waals surface area contributed by atoms with Crippen molar-refractivity contribution in [3.05, 3.63) is 29.5 Å². The van der Waals surface area contributed by atoms with Crippen LogP contribution in [0.1, 0.15) is 28.9 Å². The van der Waals surface area contributed by atoms with Gasteiger partial charge in [-0.05, 0) is 19.9 Å². The number of aromatic nitrogens is 3. The van der Waals surface area contributed by atoms with E-state index in [1.165, 1.54) is 6.92 Å². The Hall–Kier alpha value is -1.71. The molecule has 0 atom stereocenters. The fourth-order valence-electron chi connectivity index (χ4n) is 1.65. The van der Waals surface area contributed by atoms with E-state index < -0.39 is 0 Å². The van der Waals surface area contributed by atoms with Crippen molar-refractivity contribution >= 4 is 11.4 Å². The lowest BCUT2D eigenvalue weighted by atomic mass is 10.3. The second-order valence-electron chi connectivity index (χ2n) is 3.29. The zero-order valence-electron chi connectivity index (χ0n) is 8.40. The highest BCUT2D eigenvalue weighted by molar-refractivity contribution is 5.94. The number of rotatable bonds is 1. The van der Waals surface area contributed by atoms with Crippen molar-refractivity contribution < 1.29 is 4.79 Å². The molecule has 0 radical (unpaired) electrons. The second-order valence-corrected chi connectivity index (χ2v) is 3.29. The highest BCUT2D eigenvalue weighted by atomic mass is 16.1. The average molecular weight is 189 g/mol. The van der Waals surface area contributed by atoms with Gasteiger partial charge in [0, 0.05) is 13.1 Å². The Bertz CT molecular complexity index is 513. The fraction of sp³-hybridized carbons (Fsp3) is 0.300. The first kappa shape index (κ1) is 8.87. The number of carbonyl (C=O) groups is 1. The maximum Gasteiger partial charge on any atom is 0.179 e. The van der Waals surface area contributed by atoms with Gasteiger partial charge in [-0.15, -0.1) is 0 Å². The molecule has 0 saturated heterocycles. The van der Waals surface area contributed by atoms with Gasteiger partial charge in [-0.3, -0.25) is 9.20 Å². The van der Waals surface area contributed by atoms with E-state index in [9.17, 15) is 4.79 Å². The summed E-state index contributed by atoms with van der Waals surface area (Å²) in [5, 5.41) is 0. The number of aryl methyl sites for hydroxylation is 2. The summed E-state index contributed by atoms with van der Waals surface area (Å²) in [6.07, 6.45) is 1.70. The summed E-state index contributed by atoms with van der Waals surface area (Å²) in [6, 6.07) is 1.80. The van der Waals surface area contributed by atoms with Gasteiger partial charge in [0.25, 0.3) is 0 Å². The van der Waals surface area contributed by atoms with Gasteiger partial charge in [-0.2, -0.15) is 0 Å². The van der Waals surface area contributed by atoms with Crippen LogP contribution in [0.15, 0.2) is 12.3 Å². The number of imidazole rings is 1. The lowest BCUT2D eigenvalue weighted by Gasteiger charge is -1.99. The minimum atomic E-state index is -0.00870. The molecule has 72 valence electrons. The largest absolute Gasteiger partial charge is 0.293 e. The molecule has 0 aliphatic rings. The first-order chi connectivity index (χ1) is 6.61. The molecule has 0 fully saturated rings. The molecule has 0 amide bonds. The molecule has 0 aliphatic carbocycles. The van der Waals surface area contributed by atoms with E-state index in [-0.39, 0.29) is 5.78 Å². The van der Waals surface area contributed by atoms with Crippen LogP contribution in [0.2, 0.25) is 0 Å². The van der Waals surface area contributed by atoms with Gasteiger partial charge in [-0.1, -0.05) is 0 Å². The van der Waals surface area contributed by atoms with Crippen molar-refractivity contribution in [3.8, 4) is 0 Å². The molecule has 2 heterocycles. The van der Waals surface area contributed by atoms with E-state index in [0.717, 1.165) is 17.2 Å². The summed E-state index contributed by atoms with van der Waals surface area (Å²) in [5.41, 5.74) is 2.17. The summed E-state index contributed by atoms with van der Waals surface area (Å²) < 4.78 is 1.89. The van der Waals surface area contributed by atoms with Crippen molar-refractivity contribution in [2.45, 2.75) is 20.8 Å². The van der Waals surface area contributed by atoms with Crippen LogP contribution in [-0.4, -0.2) is 20.2 Å². The Kier molecular flexibility index (Phi) is 1.84. The highest BCUT2D eigenvalue weighted by Gasteiger charge is 2.12. The number of Topliss-reactive ketones (excluding diaryl/α,β-unsaturated/α-hetero) is 1. The first-order valence-corrected chi connectivity index (χ1v) is 4.43. The van der Waals surface area contributed by atoms with Crippen molar-refractivity contribution in [2.75, 3.05) is 0 Å². The number of hydrogen-bond acceptors (Lipinski definition) is 3. The van der Waals surface area contributed by atoms with Gasteiger partial charge >= 0.3 is 0 Å². The summed E-state index contributed by atoms with van der Waals surface area (Å²) in [6.45, 7) is 5.30. The standard InChI is InChI=1S/C10H11N3O/c1-6-10(7(2)14)12-9-4-5-11-8(3)13(6)9/h4-5H,1-3H3. The van der Waals surface area contributed by atoms with Crippen LogP contribution in [0.4, 0.5) is 0 Å². The van der Waals surface area contributed by atoms with Gasteiger partial charge in [0.05, 0.1) is 5.69 Å². The normalized spacial score (nSPS) is 10.8. The first-order valence-electron chi connectivity index (χ1n) is 4.43. The molecule has 0 spiro atoms. The van der Waals surface area contributed by atoms with Crippen LogP contribution in [0.25, 0.3) is 5.65 Å². The monoisotopic (exact) mass is 189 g/mol. The second kappa shape index (κ2) is 2.90. The quantitative estimate of drug-likeness (QED) is 0.639. The smallest absolute Gasteiger partial charge is 0.179 e. The maximum atomic E-state index is 11.3. The van der Waals surface area contributed by atoms with E-state index in [0.29, 0.717) is 5.69 Å². The summed E-state index contributed by atoms with van der Waals surface area (Å²) in [4.78, 5) is 19.6. The van der Waals surface area contributed by atoms with Crippen molar-refractivity contribution in [2.24, 2.45) is 0 Å². The van der Waals surface area contributed by atoms with Crippen LogP contribution in [0, 0.1) is 13.8 Å². The van der Waals surface area contributed by atoms with E-state index in [4.69, 9.17) is 0 Å². The molecule has 2 rings (SSSR count). The molecular formula is C10H11N3O. The van der Waals surface area contributed by atoms with E-state index >= 15 is 0 Å². The highest BCUT2D eigenvalue weighted by Crippen LogP contribution is 2.12. The third-order valence-corrected chi connectivity index (χ3v) is 2.28. The van der Waals surface area contributed by atoms with E-state index in [2.05, 4.69) is 9.97 Å². The van der Waals surface area contributed by atoms with E-state index in [1.54, 1.807) is 12.3 Å². The topological polar surface area (TPSA) is 47.3 Å². The van der Waals surface area contributed by atoms with Gasteiger partial charge < -0.3 is 0 Å². The Morgan fingerprint density at radius 2 is 2.14 bits per heavy atom. The maximum absolute atomic E-state index is 11.3. The van der Waals surface area contributed by atoms with Crippen molar-refractivity contribution in [3.63, 3.8) is 0 Å². The minimum Gasteiger partial charge on any atom is -0.293 e. The summed E-state index contributed by atoms with van der Waals surface area (Å²) in [5.74, 6) is 0.839. The molecule has 14 heavy (non-hydrogen) atoms. The third kappa shape index (κ3) is 1.11. The molecule has 0 bridgehead atoms. The summed E-state index contributed by atoms with van der Waals surface area (Å²) >= 11 is 0. The minimum absolute atomic E-state index is 0.00870. The molecule has 0 saturated carbocycles. The molecule has 2 aromatic heterocycles. The van der Waals surface area contributed by atoms with Gasteiger partial charge in [0.15, 0.2) is 5.78 Å². The van der Waals surface area contributed by atoms with Gasteiger partial charge in [0.2, 0.25) is 0 Å². The van der Waals surface area contributed by atoms with Crippen LogP contribution >= 0.6 is 0 Å². The number of nitrogens with zero attached hydrogens (tertiary/aromatic N) is 3. The van der Waals surface area contributed by atoms with Crippen LogP contribution in [0.5, 0.6) is 0 Å². The fourth-order valence-corrected chi connectivity index (χ4v) is 1.65. The number of fused-ring (bicyclic) bond motifs is 1. The molecule has 4 heteroatoms. The Balaban J connectivity index is 2.87. The predicted octanol–water partition coefficient (Wildman–Crippen LogP) is 1.55.